The molecule has 4 aromatic carbocycles. The van der Waals surface area contributed by atoms with Crippen LogP contribution in [0, 0.1) is 0 Å². The molecule has 0 aromatic heterocycles. The van der Waals surface area contributed by atoms with E-state index < -0.39 is 11.4 Å². The van der Waals surface area contributed by atoms with Crippen molar-refractivity contribution in [1.29, 1.82) is 0 Å². The summed E-state index contributed by atoms with van der Waals surface area (Å²) in [7, 11) is 0. The van der Waals surface area contributed by atoms with E-state index in [9.17, 15) is 15.0 Å². The Morgan fingerprint density at radius 1 is 0.588 bits per heavy atom. The molecule has 0 fully saturated rings. The first-order chi connectivity index (χ1) is 16.1. The average molecular weight is 451 g/mol. The van der Waals surface area contributed by atoms with Gasteiger partial charge in [0.1, 0.15) is 11.3 Å². The molecule has 3 heteroatoms. The summed E-state index contributed by atoms with van der Waals surface area (Å²) >= 11 is 0. The van der Waals surface area contributed by atoms with Crippen LogP contribution in [0.4, 0.5) is 0 Å². The van der Waals surface area contributed by atoms with Gasteiger partial charge in [-0.3, -0.25) is 0 Å². The molecular formula is C31H30O3. The minimum absolute atomic E-state index is 0.0849. The maximum atomic E-state index is 11.5. The maximum absolute atomic E-state index is 11.5. The lowest BCUT2D eigenvalue weighted by Crippen LogP contribution is -2.19. The molecular weight excluding hydrogens is 420 g/mol. The smallest absolute Gasteiger partial charge is 0.339 e. The zero-order chi connectivity index (χ0) is 24.5. The van der Waals surface area contributed by atoms with E-state index in [1.54, 1.807) is 12.1 Å². The average Bonchev–Trinajstić information content (AvgIpc) is 2.84. The summed E-state index contributed by atoms with van der Waals surface area (Å²) in [6.45, 7) is 8.61. The summed E-state index contributed by atoms with van der Waals surface area (Å²) in [4.78, 5) is 11.5. The first-order valence-corrected chi connectivity index (χ1v) is 11.4. The van der Waals surface area contributed by atoms with E-state index in [-0.39, 0.29) is 16.7 Å². The molecule has 0 saturated carbocycles. The second-order valence-electron chi connectivity index (χ2n) is 9.81. The molecule has 0 aliphatic carbocycles. The lowest BCUT2D eigenvalue weighted by Gasteiger charge is -2.27. The molecule has 172 valence electrons. The minimum Gasteiger partial charge on any atom is -0.507 e. The SMILES string of the molecule is CC(C)(c1ccccc1)c1ccc(-c2cccc(C(C)(C)c3ccc(O)c(C(=O)O)c3)c2)cc1. The fourth-order valence-corrected chi connectivity index (χ4v) is 4.45. The van der Waals surface area contributed by atoms with Crippen LogP contribution in [0.15, 0.2) is 97.1 Å². The van der Waals surface area contributed by atoms with E-state index >= 15 is 0 Å². The summed E-state index contributed by atoms with van der Waals surface area (Å²) in [5.41, 5.74) is 6.05. The molecule has 0 radical (unpaired) electrons. The van der Waals surface area contributed by atoms with E-state index in [4.69, 9.17) is 0 Å². The van der Waals surface area contributed by atoms with Crippen LogP contribution in [-0.4, -0.2) is 16.2 Å². The second-order valence-corrected chi connectivity index (χ2v) is 9.81. The molecule has 0 amide bonds. The zero-order valence-electron chi connectivity index (χ0n) is 20.0. The van der Waals surface area contributed by atoms with Crippen molar-refractivity contribution in [2.75, 3.05) is 0 Å². The first-order valence-electron chi connectivity index (χ1n) is 11.4. The Labute approximate surface area is 201 Å². The third kappa shape index (κ3) is 4.34. The Kier molecular flexibility index (Phi) is 6.05. The predicted molar refractivity (Wildman–Crippen MR) is 138 cm³/mol. The normalized spacial score (nSPS) is 11.9. The van der Waals surface area contributed by atoms with E-state index in [0.29, 0.717) is 0 Å². The number of aromatic carboxylic acids is 1. The Balaban J connectivity index is 1.67. The Morgan fingerprint density at radius 2 is 1.12 bits per heavy atom. The van der Waals surface area contributed by atoms with Crippen LogP contribution in [-0.2, 0) is 10.8 Å². The third-order valence-corrected chi connectivity index (χ3v) is 6.97. The summed E-state index contributed by atoms with van der Waals surface area (Å²) in [5, 5.41) is 19.3. The minimum atomic E-state index is -1.14. The third-order valence-electron chi connectivity index (χ3n) is 6.97. The van der Waals surface area contributed by atoms with Gasteiger partial charge in [-0.2, -0.15) is 0 Å². The van der Waals surface area contributed by atoms with Gasteiger partial charge in [0.25, 0.3) is 0 Å². The van der Waals surface area contributed by atoms with Gasteiger partial charge < -0.3 is 10.2 Å². The van der Waals surface area contributed by atoms with Crippen LogP contribution >= 0.6 is 0 Å². The lowest BCUT2D eigenvalue weighted by atomic mass is 9.76. The quantitative estimate of drug-likeness (QED) is 0.321. The summed E-state index contributed by atoms with van der Waals surface area (Å²) in [6, 6.07) is 32.4. The van der Waals surface area contributed by atoms with Gasteiger partial charge in [-0.15, -0.1) is 0 Å². The number of carboxylic acid groups (broad SMARTS) is 1. The molecule has 3 nitrogen and oxygen atoms in total. The molecule has 4 aromatic rings. The van der Waals surface area contributed by atoms with E-state index in [1.165, 1.54) is 17.2 Å². The molecule has 34 heavy (non-hydrogen) atoms. The van der Waals surface area contributed by atoms with Gasteiger partial charge in [-0.1, -0.05) is 113 Å². The molecule has 0 aliphatic heterocycles. The highest BCUT2D eigenvalue weighted by Crippen LogP contribution is 2.37. The zero-order valence-corrected chi connectivity index (χ0v) is 20.0. The summed E-state index contributed by atoms with van der Waals surface area (Å²) in [5.74, 6) is -1.36. The number of phenols is 1. The predicted octanol–water partition coefficient (Wildman–Crippen LogP) is 7.41. The fourth-order valence-electron chi connectivity index (χ4n) is 4.45. The van der Waals surface area contributed by atoms with Crippen molar-refractivity contribution in [3.63, 3.8) is 0 Å². The van der Waals surface area contributed by atoms with Crippen molar-refractivity contribution < 1.29 is 15.0 Å². The number of benzene rings is 4. The topological polar surface area (TPSA) is 57.5 Å². The number of carboxylic acids is 1. The fraction of sp³-hybridized carbons (Fsp3) is 0.194. The number of rotatable bonds is 6. The molecule has 4 rings (SSSR count). The summed E-state index contributed by atoms with van der Waals surface area (Å²) in [6.07, 6.45) is 0. The van der Waals surface area contributed by atoms with Crippen molar-refractivity contribution in [2.24, 2.45) is 0 Å². The van der Waals surface area contributed by atoms with Crippen molar-refractivity contribution in [1.82, 2.24) is 0 Å². The van der Waals surface area contributed by atoms with Gasteiger partial charge in [-0.25, -0.2) is 4.79 Å². The Bertz CT molecular complexity index is 1320. The van der Waals surface area contributed by atoms with Crippen molar-refractivity contribution in [3.8, 4) is 16.9 Å². The molecule has 0 saturated heterocycles. The number of hydrogen-bond acceptors (Lipinski definition) is 2. The van der Waals surface area contributed by atoms with E-state index in [0.717, 1.165) is 22.3 Å². The number of carbonyl (C=O) groups is 1. The van der Waals surface area contributed by atoms with Crippen LogP contribution in [0.2, 0.25) is 0 Å². The standard InChI is InChI=1S/C31H30O3/c1-30(2,23-10-6-5-7-11-23)24-15-13-21(14-16-24)22-9-8-12-25(19-22)31(3,4)26-17-18-28(32)27(20-26)29(33)34/h5-20,32H,1-4H3,(H,33,34). The van der Waals surface area contributed by atoms with Crippen LogP contribution in [0.25, 0.3) is 11.1 Å². The second kappa shape index (κ2) is 8.83. The largest absolute Gasteiger partial charge is 0.507 e. The van der Waals surface area contributed by atoms with E-state index in [2.05, 4.69) is 94.4 Å². The highest BCUT2D eigenvalue weighted by atomic mass is 16.4. The van der Waals surface area contributed by atoms with Crippen LogP contribution < -0.4 is 0 Å². The molecule has 0 atom stereocenters. The molecule has 0 spiro atoms. The van der Waals surface area contributed by atoms with Gasteiger partial charge in [0.2, 0.25) is 0 Å². The van der Waals surface area contributed by atoms with Crippen LogP contribution in [0.1, 0.15) is 60.3 Å². The number of aromatic hydroxyl groups is 1. The molecule has 0 bridgehead atoms. The maximum Gasteiger partial charge on any atom is 0.339 e. The highest BCUT2D eigenvalue weighted by Gasteiger charge is 2.26. The first kappa shape index (κ1) is 23.3. The van der Waals surface area contributed by atoms with Crippen molar-refractivity contribution in [2.45, 2.75) is 38.5 Å². The monoisotopic (exact) mass is 450 g/mol. The van der Waals surface area contributed by atoms with Crippen molar-refractivity contribution in [3.05, 3.63) is 125 Å². The summed E-state index contributed by atoms with van der Waals surface area (Å²) < 4.78 is 0. The molecule has 0 aliphatic rings. The van der Waals surface area contributed by atoms with Crippen LogP contribution in [0.3, 0.4) is 0 Å². The van der Waals surface area contributed by atoms with Gasteiger partial charge in [0.15, 0.2) is 0 Å². The van der Waals surface area contributed by atoms with Crippen LogP contribution in [0.5, 0.6) is 5.75 Å². The lowest BCUT2D eigenvalue weighted by molar-refractivity contribution is 0.0693. The van der Waals surface area contributed by atoms with Gasteiger partial charge >= 0.3 is 5.97 Å². The van der Waals surface area contributed by atoms with Gasteiger partial charge in [0, 0.05) is 10.8 Å². The Hall–Kier alpha value is -3.85. The van der Waals surface area contributed by atoms with E-state index in [1.807, 2.05) is 12.1 Å². The number of hydrogen-bond donors (Lipinski definition) is 2. The molecule has 0 unspecified atom stereocenters. The molecule has 0 heterocycles. The molecule has 2 N–H and O–H groups in total. The van der Waals surface area contributed by atoms with Gasteiger partial charge in [-0.05, 0) is 45.5 Å². The highest BCUT2D eigenvalue weighted by molar-refractivity contribution is 5.91. The Morgan fingerprint density at radius 3 is 1.76 bits per heavy atom. The van der Waals surface area contributed by atoms with Crippen molar-refractivity contribution >= 4 is 5.97 Å². The van der Waals surface area contributed by atoms with Gasteiger partial charge in [0.05, 0.1) is 0 Å².